The van der Waals surface area contributed by atoms with Crippen molar-refractivity contribution in [1.82, 2.24) is 5.32 Å². The third kappa shape index (κ3) is 8.90. The van der Waals surface area contributed by atoms with E-state index in [0.717, 1.165) is 40.7 Å². The molecule has 0 aliphatic heterocycles. The van der Waals surface area contributed by atoms with Crippen molar-refractivity contribution < 1.29 is 23.9 Å². The van der Waals surface area contributed by atoms with Gasteiger partial charge in [-0.15, -0.1) is 0 Å². The zero-order valence-corrected chi connectivity index (χ0v) is 25.0. The van der Waals surface area contributed by atoms with Crippen LogP contribution in [0.4, 0.5) is 0 Å². The van der Waals surface area contributed by atoms with Crippen LogP contribution in [0.5, 0.6) is 0 Å². The molecule has 0 bridgehead atoms. The summed E-state index contributed by atoms with van der Waals surface area (Å²) in [5.74, 6) is -1.69. The zero-order valence-electron chi connectivity index (χ0n) is 25.0. The van der Waals surface area contributed by atoms with Gasteiger partial charge in [0.25, 0.3) is 0 Å². The second-order valence-electron chi connectivity index (χ2n) is 11.6. The van der Waals surface area contributed by atoms with E-state index >= 15 is 0 Å². The molecule has 0 heterocycles. The van der Waals surface area contributed by atoms with Gasteiger partial charge in [-0.05, 0) is 47.1 Å². The molecule has 1 N–H and O–H groups in total. The maximum Gasteiger partial charge on any atom is 0.310 e. The normalized spacial score (nSPS) is 14.4. The van der Waals surface area contributed by atoms with Crippen molar-refractivity contribution in [3.63, 3.8) is 0 Å². The van der Waals surface area contributed by atoms with Gasteiger partial charge in [0.1, 0.15) is 13.2 Å². The van der Waals surface area contributed by atoms with Gasteiger partial charge in [-0.25, -0.2) is 0 Å². The number of hydrogen-bond acceptors (Lipinski definition) is 5. The lowest BCUT2D eigenvalue weighted by Crippen LogP contribution is -2.48. The van der Waals surface area contributed by atoms with Crippen LogP contribution < -0.4 is 5.32 Å². The molecule has 1 atom stereocenters. The Bertz CT molecular complexity index is 1500. The quantitative estimate of drug-likeness (QED) is 0.167. The Balaban J connectivity index is 1.24. The van der Waals surface area contributed by atoms with E-state index in [2.05, 4.69) is 17.4 Å². The van der Waals surface area contributed by atoms with E-state index in [1.807, 2.05) is 103 Å². The summed E-state index contributed by atoms with van der Waals surface area (Å²) in [6.07, 6.45) is 3.67. The molecule has 0 spiro atoms. The molecule has 1 amide bonds. The van der Waals surface area contributed by atoms with E-state index in [0.29, 0.717) is 19.3 Å². The molecule has 1 saturated carbocycles. The summed E-state index contributed by atoms with van der Waals surface area (Å²) in [5, 5.41) is 3.15. The molecule has 0 aromatic heterocycles. The van der Waals surface area contributed by atoms with Crippen molar-refractivity contribution in [3.8, 4) is 11.1 Å². The minimum Gasteiger partial charge on any atom is -0.461 e. The predicted molar refractivity (Wildman–Crippen MR) is 170 cm³/mol. The average molecular weight is 590 g/mol. The first kappa shape index (κ1) is 30.7. The summed E-state index contributed by atoms with van der Waals surface area (Å²) in [7, 11) is 0. The molecule has 1 unspecified atom stereocenters. The average Bonchev–Trinajstić information content (AvgIpc) is 3.51. The van der Waals surface area contributed by atoms with Crippen molar-refractivity contribution in [1.29, 1.82) is 0 Å². The monoisotopic (exact) mass is 589 g/mol. The molecule has 1 fully saturated rings. The van der Waals surface area contributed by atoms with E-state index in [1.54, 1.807) is 0 Å². The first-order valence-electron chi connectivity index (χ1n) is 15.3. The number of ether oxygens (including phenoxy) is 2. The van der Waals surface area contributed by atoms with E-state index in [9.17, 15) is 14.4 Å². The minimum atomic E-state index is -0.676. The molecule has 4 aromatic rings. The molecule has 44 heavy (non-hydrogen) atoms. The first-order valence-corrected chi connectivity index (χ1v) is 15.3. The minimum absolute atomic E-state index is 0.0329. The Morgan fingerprint density at radius 2 is 1.16 bits per heavy atom. The molecule has 6 heteroatoms. The highest BCUT2D eigenvalue weighted by atomic mass is 16.5. The van der Waals surface area contributed by atoms with Crippen LogP contribution in [0, 0.1) is 5.92 Å². The van der Waals surface area contributed by atoms with Crippen molar-refractivity contribution in [2.45, 2.75) is 63.7 Å². The van der Waals surface area contributed by atoms with Gasteiger partial charge in [-0.2, -0.15) is 0 Å². The van der Waals surface area contributed by atoms with E-state index in [-0.39, 0.29) is 37.9 Å². The lowest BCUT2D eigenvalue weighted by molar-refractivity contribution is -0.152. The molecule has 0 saturated heterocycles. The van der Waals surface area contributed by atoms with E-state index in [4.69, 9.17) is 9.47 Å². The number of nitrogens with one attached hydrogen (secondary N) is 1. The number of rotatable bonds is 13. The number of esters is 2. The third-order valence-electron chi connectivity index (χ3n) is 8.22. The topological polar surface area (TPSA) is 81.7 Å². The summed E-state index contributed by atoms with van der Waals surface area (Å²) >= 11 is 0. The Morgan fingerprint density at radius 3 is 1.75 bits per heavy atom. The number of hydrogen-bond donors (Lipinski definition) is 1. The summed E-state index contributed by atoms with van der Waals surface area (Å²) in [4.78, 5) is 39.7. The molecular weight excluding hydrogens is 550 g/mol. The fraction of sp³-hybridized carbons (Fsp3) is 0.289. The van der Waals surface area contributed by atoms with Crippen LogP contribution in [0.25, 0.3) is 11.1 Å². The number of benzene rings is 4. The van der Waals surface area contributed by atoms with Gasteiger partial charge in [-0.3, -0.25) is 14.4 Å². The van der Waals surface area contributed by atoms with E-state index < -0.39 is 17.4 Å². The van der Waals surface area contributed by atoms with Crippen LogP contribution in [0.3, 0.4) is 0 Å². The van der Waals surface area contributed by atoms with Crippen LogP contribution in [0.1, 0.15) is 55.2 Å². The van der Waals surface area contributed by atoms with Gasteiger partial charge < -0.3 is 14.8 Å². The molecule has 0 radical (unpaired) electrons. The van der Waals surface area contributed by atoms with Gasteiger partial charge >= 0.3 is 11.9 Å². The van der Waals surface area contributed by atoms with Crippen molar-refractivity contribution >= 4 is 17.8 Å². The van der Waals surface area contributed by atoms with Gasteiger partial charge in [0.05, 0.1) is 17.9 Å². The smallest absolute Gasteiger partial charge is 0.310 e. The lowest BCUT2D eigenvalue weighted by Gasteiger charge is -2.30. The Labute approximate surface area is 259 Å². The van der Waals surface area contributed by atoms with Crippen LogP contribution in [0.2, 0.25) is 0 Å². The highest BCUT2D eigenvalue weighted by molar-refractivity contribution is 5.84. The van der Waals surface area contributed by atoms with Gasteiger partial charge in [0.2, 0.25) is 5.91 Å². The van der Waals surface area contributed by atoms with Crippen molar-refractivity contribution in [2.24, 2.45) is 5.92 Å². The fourth-order valence-corrected chi connectivity index (χ4v) is 5.87. The highest BCUT2D eigenvalue weighted by Crippen LogP contribution is 2.33. The number of carbonyl (C=O) groups excluding carboxylic acids is 3. The molecule has 4 aromatic carbocycles. The molecular formula is C38H39NO5. The number of amides is 1. The van der Waals surface area contributed by atoms with Crippen LogP contribution in [-0.4, -0.2) is 23.4 Å². The van der Waals surface area contributed by atoms with Gasteiger partial charge in [0.15, 0.2) is 0 Å². The Hall–Kier alpha value is -4.71. The number of carbonyl (C=O) groups is 3. The molecule has 6 nitrogen and oxygen atoms in total. The molecule has 226 valence electrons. The van der Waals surface area contributed by atoms with E-state index in [1.165, 1.54) is 0 Å². The van der Waals surface area contributed by atoms with Crippen LogP contribution in [0.15, 0.2) is 115 Å². The first-order chi connectivity index (χ1) is 21.5. The SMILES string of the molecule is O=C(CC(Cc1ccc(-c2ccccc2)cc1)C(=O)OCc1ccccc1)NC1(CC(=O)OCc2ccccc2)CCCC1. The van der Waals surface area contributed by atoms with Crippen LogP contribution in [-0.2, 0) is 43.5 Å². The fourth-order valence-electron chi connectivity index (χ4n) is 5.87. The van der Waals surface area contributed by atoms with Gasteiger partial charge in [-0.1, -0.05) is 128 Å². The second-order valence-corrected chi connectivity index (χ2v) is 11.6. The Morgan fingerprint density at radius 1 is 0.636 bits per heavy atom. The standard InChI is InChI=1S/C38H39NO5/c40-35(39-38(22-10-11-23-38)26-36(41)43-27-30-12-4-1-5-13-30)25-34(37(42)44-28-31-14-6-2-7-15-31)24-29-18-20-33(21-19-29)32-16-8-3-9-17-32/h1-9,12-21,34H,10-11,22-28H2,(H,39,40). The lowest BCUT2D eigenvalue weighted by atomic mass is 9.91. The van der Waals surface area contributed by atoms with Crippen molar-refractivity contribution in [2.75, 3.05) is 0 Å². The van der Waals surface area contributed by atoms with Crippen LogP contribution >= 0.6 is 0 Å². The summed E-state index contributed by atoms with van der Waals surface area (Å²) < 4.78 is 11.2. The largest absolute Gasteiger partial charge is 0.461 e. The maximum absolute atomic E-state index is 13.5. The van der Waals surface area contributed by atoms with Crippen molar-refractivity contribution in [3.05, 3.63) is 132 Å². The molecule has 1 aliphatic rings. The maximum atomic E-state index is 13.5. The predicted octanol–water partition coefficient (Wildman–Crippen LogP) is 7.21. The molecule has 1 aliphatic carbocycles. The zero-order chi connectivity index (χ0) is 30.6. The third-order valence-corrected chi connectivity index (χ3v) is 8.22. The summed E-state index contributed by atoms with van der Waals surface area (Å²) in [5.41, 5.74) is 4.27. The second kappa shape index (κ2) is 15.1. The highest BCUT2D eigenvalue weighted by Gasteiger charge is 2.39. The molecule has 5 rings (SSSR count). The van der Waals surface area contributed by atoms with Gasteiger partial charge in [0, 0.05) is 6.42 Å². The summed E-state index contributed by atoms with van der Waals surface area (Å²) in [6, 6.07) is 37.2. The summed E-state index contributed by atoms with van der Waals surface area (Å²) in [6.45, 7) is 0.337. The Kier molecular flexibility index (Phi) is 10.6.